The molecule has 7 nitrogen and oxygen atoms in total. The fraction of sp³-hybridized carbons (Fsp3) is 0.483. The van der Waals surface area contributed by atoms with Crippen molar-refractivity contribution < 1.29 is 19.2 Å². The number of nitrogens with zero attached hydrogens (tertiary/aromatic N) is 3. The normalized spacial score (nSPS) is 16.9. The van der Waals surface area contributed by atoms with Crippen molar-refractivity contribution in [3.63, 3.8) is 0 Å². The van der Waals surface area contributed by atoms with Crippen LogP contribution in [0, 0.1) is 10.8 Å². The first-order valence-electron chi connectivity index (χ1n) is 12.7. The van der Waals surface area contributed by atoms with E-state index in [9.17, 15) is 9.90 Å². The van der Waals surface area contributed by atoms with Crippen LogP contribution < -0.4 is 4.74 Å². The van der Waals surface area contributed by atoms with Gasteiger partial charge in [-0.25, -0.2) is 4.79 Å². The third-order valence-electron chi connectivity index (χ3n) is 7.27. The molecule has 192 valence electrons. The Morgan fingerprint density at radius 3 is 2.36 bits per heavy atom. The summed E-state index contributed by atoms with van der Waals surface area (Å²) in [6, 6.07) is 15.9. The minimum atomic E-state index is -0.866. The van der Waals surface area contributed by atoms with Crippen LogP contribution >= 0.6 is 0 Å². The standard InChI is InChI=1S/C29H37N3O4/c1-28(2,3)25(18-32(27(33)34)23-13-15-29(4,5)16-14-23)36-24-11-9-20(10-12-24)21-7-6-8-22(17-21)26-30-19-35-31-26/h6-12,17,19,23,25H,13-16,18H2,1-5H3,(H,33,34). The molecule has 1 atom stereocenters. The van der Waals surface area contributed by atoms with Gasteiger partial charge in [0.25, 0.3) is 0 Å². The number of amides is 1. The Morgan fingerprint density at radius 1 is 1.11 bits per heavy atom. The summed E-state index contributed by atoms with van der Waals surface area (Å²) in [5.41, 5.74) is 3.01. The smallest absolute Gasteiger partial charge is 0.407 e. The van der Waals surface area contributed by atoms with Crippen LogP contribution in [0.4, 0.5) is 4.79 Å². The van der Waals surface area contributed by atoms with Gasteiger partial charge in [-0.15, -0.1) is 0 Å². The van der Waals surface area contributed by atoms with Crippen LogP contribution in [0.1, 0.15) is 60.3 Å². The molecule has 1 heterocycles. The predicted molar refractivity (Wildman–Crippen MR) is 140 cm³/mol. The second-order valence-electron chi connectivity index (χ2n) is 11.7. The number of rotatable bonds is 7. The molecule has 3 aromatic rings. The average molecular weight is 492 g/mol. The number of benzene rings is 2. The number of hydrogen-bond acceptors (Lipinski definition) is 5. The Balaban J connectivity index is 1.48. The average Bonchev–Trinajstić information content (AvgIpc) is 3.37. The van der Waals surface area contributed by atoms with Gasteiger partial charge in [0.15, 0.2) is 0 Å². The number of carbonyl (C=O) groups is 1. The summed E-state index contributed by atoms with van der Waals surface area (Å²) >= 11 is 0. The molecule has 1 saturated carbocycles. The molecule has 1 aliphatic rings. The molecule has 0 aliphatic heterocycles. The Hall–Kier alpha value is -3.35. The molecule has 2 aromatic carbocycles. The highest BCUT2D eigenvalue weighted by molar-refractivity contribution is 5.70. The maximum Gasteiger partial charge on any atom is 0.407 e. The molecule has 0 saturated heterocycles. The van der Waals surface area contributed by atoms with Crippen molar-refractivity contribution in [3.8, 4) is 28.3 Å². The minimum absolute atomic E-state index is 0.0397. The van der Waals surface area contributed by atoms with Crippen molar-refractivity contribution in [3.05, 3.63) is 54.9 Å². The second-order valence-corrected chi connectivity index (χ2v) is 11.7. The molecule has 0 bridgehead atoms. The fourth-order valence-corrected chi connectivity index (χ4v) is 4.77. The van der Waals surface area contributed by atoms with Gasteiger partial charge in [-0.3, -0.25) is 0 Å². The Kier molecular flexibility index (Phi) is 7.38. The van der Waals surface area contributed by atoms with E-state index in [1.165, 1.54) is 6.39 Å². The Morgan fingerprint density at radius 2 is 1.78 bits per heavy atom. The first-order chi connectivity index (χ1) is 17.0. The van der Waals surface area contributed by atoms with Crippen molar-refractivity contribution in [2.75, 3.05) is 6.54 Å². The van der Waals surface area contributed by atoms with Gasteiger partial charge >= 0.3 is 6.09 Å². The summed E-state index contributed by atoms with van der Waals surface area (Å²) in [6.07, 6.45) is 4.04. The first kappa shape index (κ1) is 25.7. The van der Waals surface area contributed by atoms with Crippen molar-refractivity contribution in [2.24, 2.45) is 10.8 Å². The third kappa shape index (κ3) is 6.25. The molecule has 36 heavy (non-hydrogen) atoms. The van der Waals surface area contributed by atoms with E-state index >= 15 is 0 Å². The quantitative estimate of drug-likeness (QED) is 0.378. The third-order valence-corrected chi connectivity index (χ3v) is 7.27. The maximum absolute atomic E-state index is 12.2. The highest BCUT2D eigenvalue weighted by Gasteiger charge is 2.36. The minimum Gasteiger partial charge on any atom is -0.488 e. The van der Waals surface area contributed by atoms with Gasteiger partial charge in [0, 0.05) is 17.0 Å². The highest BCUT2D eigenvalue weighted by Crippen LogP contribution is 2.38. The van der Waals surface area contributed by atoms with Gasteiger partial charge in [-0.2, -0.15) is 4.98 Å². The molecule has 1 unspecified atom stereocenters. The van der Waals surface area contributed by atoms with Crippen molar-refractivity contribution >= 4 is 6.09 Å². The number of aromatic nitrogens is 2. The van der Waals surface area contributed by atoms with Crippen LogP contribution in [0.15, 0.2) is 59.4 Å². The van der Waals surface area contributed by atoms with E-state index < -0.39 is 6.09 Å². The zero-order valence-electron chi connectivity index (χ0n) is 21.9. The lowest BCUT2D eigenvalue weighted by Crippen LogP contribution is -2.50. The van der Waals surface area contributed by atoms with Crippen LogP contribution in [0.25, 0.3) is 22.5 Å². The van der Waals surface area contributed by atoms with Crippen LogP contribution in [0.3, 0.4) is 0 Å². The Bertz CT molecular complexity index is 1140. The maximum atomic E-state index is 12.2. The Labute approximate surface area is 213 Å². The van der Waals surface area contributed by atoms with E-state index in [1.807, 2.05) is 48.5 Å². The van der Waals surface area contributed by atoms with Gasteiger partial charge in [-0.1, -0.05) is 70.1 Å². The molecule has 0 spiro atoms. The van der Waals surface area contributed by atoms with Crippen molar-refractivity contribution in [2.45, 2.75) is 72.4 Å². The van der Waals surface area contributed by atoms with Gasteiger partial charge in [0.05, 0.1) is 6.54 Å². The lowest BCUT2D eigenvalue weighted by molar-refractivity contribution is 0.0221. The van der Waals surface area contributed by atoms with Gasteiger partial charge in [0.1, 0.15) is 11.9 Å². The van der Waals surface area contributed by atoms with Gasteiger partial charge in [-0.05, 0) is 60.4 Å². The number of carboxylic acid groups (broad SMARTS) is 1. The number of ether oxygens (including phenoxy) is 1. The zero-order chi connectivity index (χ0) is 25.9. The van der Waals surface area contributed by atoms with Crippen LogP contribution in [-0.2, 0) is 0 Å². The molecule has 1 fully saturated rings. The van der Waals surface area contributed by atoms with E-state index in [0.717, 1.165) is 48.1 Å². The fourth-order valence-electron chi connectivity index (χ4n) is 4.77. The molecule has 1 amide bonds. The molecule has 1 aliphatic carbocycles. The summed E-state index contributed by atoms with van der Waals surface area (Å²) in [6.45, 7) is 11.2. The second kappa shape index (κ2) is 10.3. The summed E-state index contributed by atoms with van der Waals surface area (Å²) in [7, 11) is 0. The topological polar surface area (TPSA) is 88.7 Å². The first-order valence-corrected chi connectivity index (χ1v) is 12.7. The zero-order valence-corrected chi connectivity index (χ0v) is 21.9. The SMILES string of the molecule is CC1(C)CCC(N(CC(Oc2ccc(-c3cccc(-c4ncon4)c3)cc2)C(C)(C)C)C(=O)O)CC1. The van der Waals surface area contributed by atoms with E-state index in [1.54, 1.807) is 4.90 Å². The lowest BCUT2D eigenvalue weighted by atomic mass is 9.75. The monoisotopic (exact) mass is 491 g/mol. The molecule has 1 aromatic heterocycles. The van der Waals surface area contributed by atoms with Crippen LogP contribution in [0.5, 0.6) is 5.75 Å². The molecular formula is C29H37N3O4. The molecule has 1 N–H and O–H groups in total. The molecular weight excluding hydrogens is 454 g/mol. The molecule has 0 radical (unpaired) electrons. The van der Waals surface area contributed by atoms with Gasteiger partial charge in [0.2, 0.25) is 12.2 Å². The van der Waals surface area contributed by atoms with E-state index in [-0.39, 0.29) is 23.0 Å². The van der Waals surface area contributed by atoms with E-state index in [2.05, 4.69) is 44.8 Å². The summed E-state index contributed by atoms with van der Waals surface area (Å²) < 4.78 is 11.3. The summed E-state index contributed by atoms with van der Waals surface area (Å²) in [4.78, 5) is 18.0. The van der Waals surface area contributed by atoms with Crippen molar-refractivity contribution in [1.82, 2.24) is 15.0 Å². The largest absolute Gasteiger partial charge is 0.488 e. The molecule has 4 rings (SSSR count). The summed E-state index contributed by atoms with van der Waals surface area (Å²) in [5, 5.41) is 14.0. The van der Waals surface area contributed by atoms with E-state index in [4.69, 9.17) is 9.26 Å². The lowest BCUT2D eigenvalue weighted by Gasteiger charge is -2.42. The number of hydrogen-bond donors (Lipinski definition) is 1. The summed E-state index contributed by atoms with van der Waals surface area (Å²) in [5.74, 6) is 1.28. The van der Waals surface area contributed by atoms with Gasteiger partial charge < -0.3 is 19.3 Å². The van der Waals surface area contributed by atoms with Crippen LogP contribution in [0.2, 0.25) is 0 Å². The molecule has 7 heteroatoms. The highest BCUT2D eigenvalue weighted by atomic mass is 16.5. The predicted octanol–water partition coefficient (Wildman–Crippen LogP) is 7.15. The van der Waals surface area contributed by atoms with Crippen molar-refractivity contribution in [1.29, 1.82) is 0 Å². The van der Waals surface area contributed by atoms with Crippen LogP contribution in [-0.4, -0.2) is 44.9 Å². The van der Waals surface area contributed by atoms with E-state index in [0.29, 0.717) is 12.4 Å².